The van der Waals surface area contributed by atoms with Crippen LogP contribution in [0.2, 0.25) is 5.02 Å². The first kappa shape index (κ1) is 19.5. The fraction of sp³-hybridized carbons (Fsp3) is 0.294. The van der Waals surface area contributed by atoms with E-state index >= 15 is 0 Å². The number of methoxy groups -OCH3 is 1. The molecule has 1 saturated heterocycles. The van der Waals surface area contributed by atoms with Crippen LogP contribution in [-0.2, 0) is 10.0 Å². The van der Waals surface area contributed by atoms with Crippen molar-refractivity contribution in [1.82, 2.24) is 14.2 Å². The first-order chi connectivity index (χ1) is 12.8. The van der Waals surface area contributed by atoms with Crippen LogP contribution in [0.15, 0.2) is 41.4 Å². The molecular weight excluding hydrogens is 397 g/mol. The van der Waals surface area contributed by atoms with Crippen molar-refractivity contribution in [3.05, 3.63) is 52.9 Å². The summed E-state index contributed by atoms with van der Waals surface area (Å²) in [5.41, 5.74) is 0.321. The molecule has 1 fully saturated rings. The molecule has 2 heterocycles. The molecule has 1 amide bonds. The number of benzene rings is 1. The van der Waals surface area contributed by atoms with Gasteiger partial charge in [-0.25, -0.2) is 17.8 Å². The molecular formula is C17H17ClFN3O4S. The summed E-state index contributed by atoms with van der Waals surface area (Å²) in [6.07, 6.45) is 1.52. The SMILES string of the molecule is COc1ncccc1C(=O)N1CCN(S(=O)(=O)c2ccc(F)c(Cl)c2)CC1. The highest BCUT2D eigenvalue weighted by Crippen LogP contribution is 2.24. The summed E-state index contributed by atoms with van der Waals surface area (Å²) < 4.78 is 45.1. The second-order valence-corrected chi connectivity index (χ2v) is 8.18. The number of halogens is 2. The minimum atomic E-state index is -3.82. The van der Waals surface area contributed by atoms with E-state index < -0.39 is 15.8 Å². The van der Waals surface area contributed by atoms with Gasteiger partial charge in [0.25, 0.3) is 5.91 Å². The van der Waals surface area contributed by atoms with E-state index in [1.165, 1.54) is 23.7 Å². The highest BCUT2D eigenvalue weighted by atomic mass is 35.5. The van der Waals surface area contributed by atoms with Crippen LogP contribution >= 0.6 is 11.6 Å². The number of hydrogen-bond acceptors (Lipinski definition) is 5. The van der Waals surface area contributed by atoms with Crippen molar-refractivity contribution in [2.24, 2.45) is 0 Å². The average molecular weight is 414 g/mol. The summed E-state index contributed by atoms with van der Waals surface area (Å²) in [5.74, 6) is -0.739. The van der Waals surface area contributed by atoms with Gasteiger partial charge in [-0.15, -0.1) is 0 Å². The Morgan fingerprint density at radius 2 is 1.93 bits per heavy atom. The number of piperazine rings is 1. The van der Waals surface area contributed by atoms with Gasteiger partial charge in [0.2, 0.25) is 15.9 Å². The van der Waals surface area contributed by atoms with E-state index in [0.717, 1.165) is 12.1 Å². The molecule has 7 nitrogen and oxygen atoms in total. The quantitative estimate of drug-likeness (QED) is 0.766. The van der Waals surface area contributed by atoms with Crippen LogP contribution in [0.4, 0.5) is 4.39 Å². The number of carbonyl (C=O) groups is 1. The topological polar surface area (TPSA) is 79.8 Å². The van der Waals surface area contributed by atoms with Crippen LogP contribution in [-0.4, -0.2) is 61.8 Å². The average Bonchev–Trinajstić information content (AvgIpc) is 2.69. The summed E-state index contributed by atoms with van der Waals surface area (Å²) in [6.45, 7) is 0.660. The molecule has 0 unspecified atom stereocenters. The predicted molar refractivity (Wildman–Crippen MR) is 96.9 cm³/mol. The van der Waals surface area contributed by atoms with Crippen LogP contribution in [0.3, 0.4) is 0 Å². The van der Waals surface area contributed by atoms with Crippen LogP contribution < -0.4 is 4.74 Å². The van der Waals surface area contributed by atoms with E-state index in [9.17, 15) is 17.6 Å². The lowest BCUT2D eigenvalue weighted by molar-refractivity contribution is 0.0693. The van der Waals surface area contributed by atoms with Crippen LogP contribution in [0, 0.1) is 5.82 Å². The molecule has 27 heavy (non-hydrogen) atoms. The number of rotatable bonds is 4. The van der Waals surface area contributed by atoms with Crippen LogP contribution in [0.1, 0.15) is 10.4 Å². The van der Waals surface area contributed by atoms with E-state index in [0.29, 0.717) is 5.56 Å². The Balaban J connectivity index is 1.73. The minimum Gasteiger partial charge on any atom is -0.480 e. The van der Waals surface area contributed by atoms with Gasteiger partial charge in [0.15, 0.2) is 0 Å². The second kappa shape index (κ2) is 7.79. The summed E-state index contributed by atoms with van der Waals surface area (Å²) in [6, 6.07) is 6.52. The van der Waals surface area contributed by atoms with E-state index in [2.05, 4.69) is 4.98 Å². The Morgan fingerprint density at radius 3 is 2.56 bits per heavy atom. The van der Waals surface area contributed by atoms with E-state index in [-0.39, 0.29) is 47.9 Å². The first-order valence-electron chi connectivity index (χ1n) is 8.08. The predicted octanol–water partition coefficient (Wildman–Crippen LogP) is 2.03. The zero-order valence-corrected chi connectivity index (χ0v) is 16.0. The largest absolute Gasteiger partial charge is 0.480 e. The highest BCUT2D eigenvalue weighted by molar-refractivity contribution is 7.89. The number of hydrogen-bond donors (Lipinski definition) is 0. The van der Waals surface area contributed by atoms with Crippen molar-refractivity contribution in [1.29, 1.82) is 0 Å². The van der Waals surface area contributed by atoms with Crippen molar-refractivity contribution in [2.45, 2.75) is 4.90 Å². The lowest BCUT2D eigenvalue weighted by atomic mass is 10.2. The number of aromatic nitrogens is 1. The zero-order valence-electron chi connectivity index (χ0n) is 14.4. The van der Waals surface area contributed by atoms with Gasteiger partial charge >= 0.3 is 0 Å². The summed E-state index contributed by atoms with van der Waals surface area (Å²) in [5, 5.41) is -0.256. The Labute approximate surface area is 161 Å². The number of ether oxygens (including phenoxy) is 1. The number of carbonyl (C=O) groups excluding carboxylic acids is 1. The standard InChI is InChI=1S/C17H17ClFN3O4S/c1-26-16-13(3-2-6-20-16)17(23)21-7-9-22(10-8-21)27(24,25)12-4-5-15(19)14(18)11-12/h2-6,11H,7-10H2,1H3. The lowest BCUT2D eigenvalue weighted by Gasteiger charge is -2.34. The lowest BCUT2D eigenvalue weighted by Crippen LogP contribution is -2.50. The van der Waals surface area contributed by atoms with Gasteiger partial charge in [-0.2, -0.15) is 4.31 Å². The van der Waals surface area contributed by atoms with Gasteiger partial charge < -0.3 is 9.64 Å². The first-order valence-corrected chi connectivity index (χ1v) is 9.90. The molecule has 0 bridgehead atoms. The van der Waals surface area contributed by atoms with Gasteiger partial charge in [-0.05, 0) is 30.3 Å². The van der Waals surface area contributed by atoms with Crippen molar-refractivity contribution in [2.75, 3.05) is 33.3 Å². The molecule has 1 aliphatic heterocycles. The number of nitrogens with zero attached hydrogens (tertiary/aromatic N) is 3. The van der Waals surface area contributed by atoms with Gasteiger partial charge in [0.1, 0.15) is 11.4 Å². The Hall–Kier alpha value is -2.23. The fourth-order valence-corrected chi connectivity index (χ4v) is 4.50. The normalized spacial score (nSPS) is 15.6. The van der Waals surface area contributed by atoms with Gasteiger partial charge in [-0.1, -0.05) is 11.6 Å². The molecule has 1 aromatic carbocycles. The second-order valence-electron chi connectivity index (χ2n) is 5.83. The molecule has 0 aliphatic carbocycles. The van der Waals surface area contributed by atoms with Crippen LogP contribution in [0.25, 0.3) is 0 Å². The van der Waals surface area contributed by atoms with Crippen molar-refractivity contribution in [3.8, 4) is 5.88 Å². The maximum absolute atomic E-state index is 13.3. The molecule has 0 saturated carbocycles. The van der Waals surface area contributed by atoms with Crippen molar-refractivity contribution < 1.29 is 22.3 Å². The number of amides is 1. The zero-order chi connectivity index (χ0) is 19.6. The molecule has 144 valence electrons. The Bertz CT molecular complexity index is 962. The summed E-state index contributed by atoms with van der Waals surface area (Å²) in [7, 11) is -2.39. The molecule has 10 heteroatoms. The number of sulfonamides is 1. The number of pyridine rings is 1. The maximum atomic E-state index is 13.3. The monoisotopic (exact) mass is 413 g/mol. The third-order valence-electron chi connectivity index (χ3n) is 4.25. The summed E-state index contributed by atoms with van der Waals surface area (Å²) >= 11 is 5.69. The van der Waals surface area contributed by atoms with E-state index in [1.54, 1.807) is 17.0 Å². The van der Waals surface area contributed by atoms with Crippen LogP contribution in [0.5, 0.6) is 5.88 Å². The highest BCUT2D eigenvalue weighted by Gasteiger charge is 2.31. The minimum absolute atomic E-state index is 0.0809. The van der Waals surface area contributed by atoms with E-state index in [1.807, 2.05) is 0 Å². The fourth-order valence-electron chi connectivity index (χ4n) is 2.80. The third-order valence-corrected chi connectivity index (χ3v) is 6.43. The van der Waals surface area contributed by atoms with E-state index in [4.69, 9.17) is 16.3 Å². The van der Waals surface area contributed by atoms with Crippen molar-refractivity contribution >= 4 is 27.5 Å². The smallest absolute Gasteiger partial charge is 0.259 e. The molecule has 3 rings (SSSR count). The molecule has 2 aromatic rings. The molecule has 1 aliphatic rings. The van der Waals surface area contributed by atoms with Gasteiger partial charge in [0.05, 0.1) is 17.0 Å². The molecule has 0 spiro atoms. The Morgan fingerprint density at radius 1 is 1.22 bits per heavy atom. The maximum Gasteiger partial charge on any atom is 0.259 e. The summed E-state index contributed by atoms with van der Waals surface area (Å²) in [4.78, 5) is 18.1. The molecule has 1 aromatic heterocycles. The third kappa shape index (κ3) is 3.90. The van der Waals surface area contributed by atoms with Gasteiger partial charge in [0, 0.05) is 32.4 Å². The molecule has 0 N–H and O–H groups in total. The Kier molecular flexibility index (Phi) is 5.64. The molecule has 0 atom stereocenters. The van der Waals surface area contributed by atoms with Gasteiger partial charge in [-0.3, -0.25) is 4.79 Å². The molecule has 0 radical (unpaired) electrons. The van der Waals surface area contributed by atoms with Crippen molar-refractivity contribution in [3.63, 3.8) is 0 Å².